The molecule has 0 bridgehead atoms. The predicted octanol–water partition coefficient (Wildman–Crippen LogP) is 2.61. The van der Waals surface area contributed by atoms with E-state index >= 15 is 0 Å². The second-order valence-corrected chi connectivity index (χ2v) is 10.9. The lowest BCUT2D eigenvalue weighted by Crippen LogP contribution is -2.45. The Morgan fingerprint density at radius 1 is 1.16 bits per heavy atom. The average Bonchev–Trinajstić information content (AvgIpc) is 2.86. The Morgan fingerprint density at radius 2 is 1.86 bits per heavy atom. The summed E-state index contributed by atoms with van der Waals surface area (Å²) in [7, 11) is -2.57. The first-order chi connectivity index (χ1) is 17.7. The maximum Gasteiger partial charge on any atom is 0.262 e. The van der Waals surface area contributed by atoms with Crippen molar-refractivity contribution in [3.63, 3.8) is 0 Å². The quantitative estimate of drug-likeness (QED) is 0.426. The van der Waals surface area contributed by atoms with Gasteiger partial charge in [0.2, 0.25) is 10.9 Å². The van der Waals surface area contributed by atoms with E-state index in [4.69, 9.17) is 9.47 Å². The van der Waals surface area contributed by atoms with E-state index in [1.165, 1.54) is 43.6 Å². The van der Waals surface area contributed by atoms with Crippen molar-refractivity contribution in [2.24, 2.45) is 5.92 Å². The molecule has 2 aromatic rings. The summed E-state index contributed by atoms with van der Waals surface area (Å²) in [6, 6.07) is 5.42. The zero-order chi connectivity index (χ0) is 26.4. The summed E-state index contributed by atoms with van der Waals surface area (Å²) in [5.74, 6) is -1.32. The standard InChI is InChI=1S/C25H31FN4O6S/c1-35-22-14-20(15-27-25(22)37(33,34)30-19-3-2-4-19)28-24(32)21(13-16-9-11-36-12-10-16)29-23(31)17-5-7-18(26)8-6-17/h5-8,14-16,19,21,30H,2-4,9-13H2,1H3,(H,28,32)(H,29,31)/t21-/m0/s1. The SMILES string of the molecule is COc1cc(NC(=O)[C@H](CC2CCOCC2)NC(=O)c2ccc(F)cc2)cnc1S(=O)(=O)NC1CCC1. The Hall–Kier alpha value is -3.09. The Morgan fingerprint density at radius 3 is 2.49 bits per heavy atom. The number of hydrogen-bond donors (Lipinski definition) is 3. The fourth-order valence-electron chi connectivity index (χ4n) is 4.27. The molecule has 2 amide bonds. The third-order valence-electron chi connectivity index (χ3n) is 6.63. The van der Waals surface area contributed by atoms with E-state index in [1.807, 2.05) is 0 Å². The molecule has 2 fully saturated rings. The molecule has 4 rings (SSSR count). The third kappa shape index (κ3) is 7.02. The molecule has 1 saturated carbocycles. The maximum absolute atomic E-state index is 13.3. The highest BCUT2D eigenvalue weighted by molar-refractivity contribution is 7.89. The van der Waals surface area contributed by atoms with E-state index < -0.39 is 33.7 Å². The molecule has 37 heavy (non-hydrogen) atoms. The van der Waals surface area contributed by atoms with Crippen LogP contribution in [0.4, 0.5) is 10.1 Å². The van der Waals surface area contributed by atoms with Crippen LogP contribution in [-0.2, 0) is 19.6 Å². The molecule has 1 aliphatic heterocycles. The highest BCUT2D eigenvalue weighted by Crippen LogP contribution is 2.28. The van der Waals surface area contributed by atoms with Crippen LogP contribution in [0.15, 0.2) is 41.6 Å². The number of halogens is 1. The minimum atomic E-state index is -3.89. The first kappa shape index (κ1) is 27.0. The highest BCUT2D eigenvalue weighted by atomic mass is 32.2. The van der Waals surface area contributed by atoms with Crippen LogP contribution in [0.25, 0.3) is 0 Å². The summed E-state index contributed by atoms with van der Waals surface area (Å²) in [5.41, 5.74) is 0.445. The molecule has 3 N–H and O–H groups in total. The lowest BCUT2D eigenvalue weighted by molar-refractivity contribution is -0.118. The Labute approximate surface area is 215 Å². The molecule has 1 saturated heterocycles. The van der Waals surface area contributed by atoms with Gasteiger partial charge in [0.15, 0.2) is 5.75 Å². The van der Waals surface area contributed by atoms with Crippen molar-refractivity contribution < 1.29 is 31.9 Å². The number of benzene rings is 1. The molecule has 1 aromatic carbocycles. The van der Waals surface area contributed by atoms with Gasteiger partial charge >= 0.3 is 0 Å². The van der Waals surface area contributed by atoms with E-state index in [0.717, 1.165) is 32.1 Å². The molecular weight excluding hydrogens is 503 g/mol. The number of hydrogen-bond acceptors (Lipinski definition) is 7. The zero-order valence-electron chi connectivity index (χ0n) is 20.5. The summed E-state index contributed by atoms with van der Waals surface area (Å²) in [5, 5.41) is 5.20. The molecule has 1 aromatic heterocycles. The van der Waals surface area contributed by atoms with Gasteiger partial charge < -0.3 is 20.1 Å². The van der Waals surface area contributed by atoms with Crippen LogP contribution in [0, 0.1) is 11.7 Å². The van der Waals surface area contributed by atoms with Crippen molar-refractivity contribution in [2.45, 2.75) is 55.6 Å². The van der Waals surface area contributed by atoms with Crippen LogP contribution in [0.3, 0.4) is 0 Å². The van der Waals surface area contributed by atoms with Crippen molar-refractivity contribution in [3.8, 4) is 5.75 Å². The number of aromatic nitrogens is 1. The fourth-order valence-corrected chi connectivity index (χ4v) is 5.65. The smallest absolute Gasteiger partial charge is 0.262 e. The van der Waals surface area contributed by atoms with E-state index in [-0.39, 0.29) is 34.0 Å². The number of nitrogens with zero attached hydrogens (tertiary/aromatic N) is 1. The van der Waals surface area contributed by atoms with Crippen molar-refractivity contribution in [2.75, 3.05) is 25.6 Å². The molecule has 2 heterocycles. The monoisotopic (exact) mass is 534 g/mol. The lowest BCUT2D eigenvalue weighted by Gasteiger charge is -2.27. The molecule has 0 unspecified atom stereocenters. The van der Waals surface area contributed by atoms with Gasteiger partial charge in [0.25, 0.3) is 15.9 Å². The average molecular weight is 535 g/mol. The molecule has 0 spiro atoms. The molecule has 10 nitrogen and oxygen atoms in total. The third-order valence-corrected chi connectivity index (χ3v) is 8.08. The number of pyridine rings is 1. The maximum atomic E-state index is 13.3. The van der Waals surface area contributed by atoms with Crippen LogP contribution in [-0.4, -0.2) is 57.6 Å². The van der Waals surface area contributed by atoms with E-state index in [1.54, 1.807) is 0 Å². The van der Waals surface area contributed by atoms with E-state index in [0.29, 0.717) is 19.6 Å². The first-order valence-electron chi connectivity index (χ1n) is 12.3. The summed E-state index contributed by atoms with van der Waals surface area (Å²) < 4.78 is 52.0. The van der Waals surface area contributed by atoms with Gasteiger partial charge in [-0.2, -0.15) is 0 Å². The molecule has 12 heteroatoms. The Kier molecular flexibility index (Phi) is 8.72. The number of sulfonamides is 1. The van der Waals surface area contributed by atoms with E-state index in [9.17, 15) is 22.4 Å². The fraction of sp³-hybridized carbons (Fsp3) is 0.480. The van der Waals surface area contributed by atoms with Crippen LogP contribution in [0.5, 0.6) is 5.75 Å². The number of nitrogens with one attached hydrogen (secondary N) is 3. The number of rotatable bonds is 10. The van der Waals surface area contributed by atoms with Crippen LogP contribution in [0.2, 0.25) is 0 Å². The van der Waals surface area contributed by atoms with Gasteiger partial charge in [-0.05, 0) is 62.3 Å². The summed E-state index contributed by atoms with van der Waals surface area (Å²) in [6.45, 7) is 1.16. The van der Waals surface area contributed by atoms with Crippen LogP contribution < -0.4 is 20.1 Å². The number of amides is 2. The normalized spacial score (nSPS) is 17.5. The van der Waals surface area contributed by atoms with Crippen LogP contribution >= 0.6 is 0 Å². The molecule has 2 aliphatic rings. The van der Waals surface area contributed by atoms with Gasteiger partial charge in [-0.3, -0.25) is 9.59 Å². The number of carbonyl (C=O) groups is 2. The molecule has 200 valence electrons. The largest absolute Gasteiger partial charge is 0.494 e. The molecule has 0 radical (unpaired) electrons. The summed E-state index contributed by atoms with van der Waals surface area (Å²) >= 11 is 0. The van der Waals surface area contributed by atoms with Gasteiger partial charge in [-0.25, -0.2) is 22.5 Å². The molecular formula is C25H31FN4O6S. The second-order valence-electron chi connectivity index (χ2n) is 9.29. The number of anilines is 1. The van der Waals surface area contributed by atoms with Crippen molar-refractivity contribution in [3.05, 3.63) is 47.9 Å². The summed E-state index contributed by atoms with van der Waals surface area (Å²) in [6.07, 6.45) is 5.64. The summed E-state index contributed by atoms with van der Waals surface area (Å²) in [4.78, 5) is 30.1. The van der Waals surface area contributed by atoms with Crippen LogP contribution in [0.1, 0.15) is 48.9 Å². The van der Waals surface area contributed by atoms with E-state index in [2.05, 4.69) is 20.3 Å². The molecule has 1 atom stereocenters. The van der Waals surface area contributed by atoms with Gasteiger partial charge in [-0.15, -0.1) is 0 Å². The number of ether oxygens (including phenoxy) is 2. The minimum Gasteiger partial charge on any atom is -0.494 e. The second kappa shape index (κ2) is 12.0. The molecule has 1 aliphatic carbocycles. The Balaban J connectivity index is 1.50. The van der Waals surface area contributed by atoms with Crippen molar-refractivity contribution in [1.82, 2.24) is 15.0 Å². The van der Waals surface area contributed by atoms with Gasteiger partial charge in [-0.1, -0.05) is 6.42 Å². The van der Waals surface area contributed by atoms with Gasteiger partial charge in [0, 0.05) is 30.9 Å². The van der Waals surface area contributed by atoms with Crippen molar-refractivity contribution >= 4 is 27.5 Å². The van der Waals surface area contributed by atoms with Crippen molar-refractivity contribution in [1.29, 1.82) is 0 Å². The lowest BCUT2D eigenvalue weighted by atomic mass is 9.92. The highest BCUT2D eigenvalue weighted by Gasteiger charge is 2.30. The minimum absolute atomic E-state index is 0.0130. The Bertz CT molecular complexity index is 1210. The first-order valence-corrected chi connectivity index (χ1v) is 13.7. The van der Waals surface area contributed by atoms with Gasteiger partial charge in [0.1, 0.15) is 11.9 Å². The number of carbonyl (C=O) groups excluding carboxylic acids is 2. The number of methoxy groups -OCH3 is 1. The predicted molar refractivity (Wildman–Crippen MR) is 133 cm³/mol. The topological polar surface area (TPSA) is 136 Å². The zero-order valence-corrected chi connectivity index (χ0v) is 21.4. The van der Waals surface area contributed by atoms with Gasteiger partial charge in [0.05, 0.1) is 19.0 Å².